The van der Waals surface area contributed by atoms with Crippen LogP contribution in [0.5, 0.6) is 0 Å². The Balaban J connectivity index is 1.81. The molecule has 2 aliphatic rings. The van der Waals surface area contributed by atoms with E-state index in [1.807, 2.05) is 0 Å². The number of hydrogen-bond acceptors (Lipinski definition) is 7. The van der Waals surface area contributed by atoms with Crippen LogP contribution in [0.1, 0.15) is 13.3 Å². The van der Waals surface area contributed by atoms with E-state index in [2.05, 4.69) is 13.2 Å². The molecule has 0 saturated carbocycles. The maximum atomic E-state index is 11.1. The predicted molar refractivity (Wildman–Crippen MR) is 65.5 cm³/mol. The minimum Gasteiger partial charge on any atom is -0.460 e. The molecule has 110 valence electrons. The third-order valence-electron chi connectivity index (χ3n) is 3.05. The van der Waals surface area contributed by atoms with E-state index in [9.17, 15) is 9.59 Å². The quantitative estimate of drug-likeness (QED) is 0.555. The second-order valence-corrected chi connectivity index (χ2v) is 4.67. The van der Waals surface area contributed by atoms with Crippen LogP contribution in [0.2, 0.25) is 0 Å². The summed E-state index contributed by atoms with van der Waals surface area (Å²) in [4.78, 5) is 22.0. The van der Waals surface area contributed by atoms with Crippen molar-refractivity contribution in [1.82, 2.24) is 0 Å². The van der Waals surface area contributed by atoms with Crippen molar-refractivity contribution in [3.8, 4) is 0 Å². The zero-order valence-electron chi connectivity index (χ0n) is 11.1. The van der Waals surface area contributed by atoms with E-state index in [4.69, 9.17) is 23.7 Å². The molecular weight excluding hydrogens is 268 g/mol. The fourth-order valence-corrected chi connectivity index (χ4v) is 1.88. The third kappa shape index (κ3) is 3.17. The summed E-state index contributed by atoms with van der Waals surface area (Å²) in [7, 11) is 0. The normalized spacial score (nSPS) is 32.6. The van der Waals surface area contributed by atoms with Crippen LogP contribution in [0.3, 0.4) is 0 Å². The first-order valence-corrected chi connectivity index (χ1v) is 6.09. The van der Waals surface area contributed by atoms with Crippen LogP contribution in [-0.2, 0) is 28.5 Å². The van der Waals surface area contributed by atoms with Gasteiger partial charge < -0.3 is 23.7 Å². The first-order chi connectivity index (χ1) is 9.43. The molecular formula is C13H16O7. The summed E-state index contributed by atoms with van der Waals surface area (Å²) >= 11 is 0. The van der Waals surface area contributed by atoms with E-state index in [0.29, 0.717) is 0 Å². The van der Waals surface area contributed by atoms with Gasteiger partial charge in [0.05, 0.1) is 6.61 Å². The molecule has 0 radical (unpaired) electrons. The van der Waals surface area contributed by atoms with Gasteiger partial charge in [-0.25, -0.2) is 9.59 Å². The lowest BCUT2D eigenvalue weighted by atomic mass is 10.0. The highest BCUT2D eigenvalue weighted by atomic mass is 16.8. The van der Waals surface area contributed by atoms with Gasteiger partial charge in [0.25, 0.3) is 0 Å². The van der Waals surface area contributed by atoms with Crippen molar-refractivity contribution in [3.63, 3.8) is 0 Å². The first-order valence-electron chi connectivity index (χ1n) is 6.09. The number of esters is 1. The average molecular weight is 284 g/mol. The molecule has 7 nitrogen and oxygen atoms in total. The summed E-state index contributed by atoms with van der Waals surface area (Å²) in [6.45, 7) is 8.95. The van der Waals surface area contributed by atoms with E-state index >= 15 is 0 Å². The zero-order chi connectivity index (χ0) is 14.8. The second-order valence-electron chi connectivity index (χ2n) is 4.67. The van der Waals surface area contributed by atoms with Gasteiger partial charge in [-0.2, -0.15) is 0 Å². The Morgan fingerprint density at radius 1 is 1.60 bits per heavy atom. The molecule has 2 saturated heterocycles. The highest BCUT2D eigenvalue weighted by Crippen LogP contribution is 2.35. The van der Waals surface area contributed by atoms with Crippen LogP contribution in [0, 0.1) is 0 Å². The van der Waals surface area contributed by atoms with E-state index < -0.39 is 24.0 Å². The highest BCUT2D eigenvalue weighted by molar-refractivity contribution is 5.81. The topological polar surface area (TPSA) is 80.3 Å². The van der Waals surface area contributed by atoms with Gasteiger partial charge in [0.2, 0.25) is 0 Å². The third-order valence-corrected chi connectivity index (χ3v) is 3.05. The molecule has 0 aromatic carbocycles. The number of hydrogen-bond donors (Lipinski definition) is 0. The van der Waals surface area contributed by atoms with Gasteiger partial charge in [0.15, 0.2) is 11.9 Å². The molecule has 20 heavy (non-hydrogen) atoms. The van der Waals surface area contributed by atoms with Gasteiger partial charge in [-0.3, -0.25) is 0 Å². The summed E-state index contributed by atoms with van der Waals surface area (Å²) < 4.78 is 25.6. The van der Waals surface area contributed by atoms with Gasteiger partial charge >= 0.3 is 12.1 Å². The number of ether oxygens (including phenoxy) is 5. The fraction of sp³-hybridized carbons (Fsp3) is 0.538. The van der Waals surface area contributed by atoms with Crippen molar-refractivity contribution >= 4 is 12.1 Å². The SMILES string of the molecule is C=CC(=O)OCC1COC(CC2(C)OC(=O)OC2=C)O1. The van der Waals surface area contributed by atoms with Crippen LogP contribution in [-0.4, -0.2) is 43.3 Å². The summed E-state index contributed by atoms with van der Waals surface area (Å²) in [6, 6.07) is 0. The molecule has 0 bridgehead atoms. The zero-order valence-corrected chi connectivity index (χ0v) is 11.1. The van der Waals surface area contributed by atoms with Crippen LogP contribution in [0.15, 0.2) is 25.0 Å². The molecule has 2 heterocycles. The van der Waals surface area contributed by atoms with Gasteiger partial charge in [-0.15, -0.1) is 0 Å². The molecule has 0 N–H and O–H groups in total. The molecule has 0 amide bonds. The Hall–Kier alpha value is -1.86. The number of rotatable bonds is 5. The van der Waals surface area contributed by atoms with Crippen LogP contribution < -0.4 is 0 Å². The lowest BCUT2D eigenvalue weighted by molar-refractivity contribution is -0.143. The lowest BCUT2D eigenvalue weighted by Crippen LogP contribution is -2.32. The second kappa shape index (κ2) is 5.64. The molecule has 2 aliphatic heterocycles. The minimum absolute atomic E-state index is 0.0787. The van der Waals surface area contributed by atoms with Crippen molar-refractivity contribution in [2.45, 2.75) is 31.3 Å². The fourth-order valence-electron chi connectivity index (χ4n) is 1.88. The van der Waals surface area contributed by atoms with E-state index in [-0.39, 0.29) is 31.5 Å². The Morgan fingerprint density at radius 3 is 2.95 bits per heavy atom. The summed E-state index contributed by atoms with van der Waals surface area (Å²) in [5, 5.41) is 0. The summed E-state index contributed by atoms with van der Waals surface area (Å²) in [5.41, 5.74) is -0.978. The van der Waals surface area contributed by atoms with Crippen molar-refractivity contribution in [2.24, 2.45) is 0 Å². The maximum absolute atomic E-state index is 11.1. The summed E-state index contributed by atoms with van der Waals surface area (Å²) in [5.74, 6) is -0.299. The van der Waals surface area contributed by atoms with Gasteiger partial charge in [0, 0.05) is 12.5 Å². The number of cyclic esters (lactones) is 2. The minimum atomic E-state index is -0.978. The van der Waals surface area contributed by atoms with Crippen LogP contribution in [0.25, 0.3) is 0 Å². The van der Waals surface area contributed by atoms with Crippen molar-refractivity contribution in [1.29, 1.82) is 0 Å². The van der Waals surface area contributed by atoms with Crippen molar-refractivity contribution in [2.75, 3.05) is 13.2 Å². The average Bonchev–Trinajstić information content (AvgIpc) is 2.92. The molecule has 3 atom stereocenters. The Morgan fingerprint density at radius 2 is 2.35 bits per heavy atom. The molecule has 0 aromatic rings. The standard InChI is InChI=1S/C13H16O7/c1-4-10(14)16-6-9-7-17-11(19-9)5-13(3)8(2)18-12(15)20-13/h4,9,11H,1-2,5-7H2,3H3. The molecule has 2 fully saturated rings. The number of carbonyl (C=O) groups excluding carboxylic acids is 2. The maximum Gasteiger partial charge on any atom is 0.514 e. The number of carbonyl (C=O) groups is 2. The Bertz CT molecular complexity index is 444. The van der Waals surface area contributed by atoms with Gasteiger partial charge in [-0.05, 0) is 6.92 Å². The van der Waals surface area contributed by atoms with Crippen molar-refractivity contribution in [3.05, 3.63) is 25.0 Å². The first kappa shape index (κ1) is 14.5. The molecule has 7 heteroatoms. The summed E-state index contributed by atoms with van der Waals surface area (Å²) in [6.07, 6.45) is -0.402. The van der Waals surface area contributed by atoms with E-state index in [0.717, 1.165) is 6.08 Å². The molecule has 0 aliphatic carbocycles. The Kier molecular flexibility index (Phi) is 4.10. The Labute approximate surface area is 116 Å². The van der Waals surface area contributed by atoms with E-state index in [1.54, 1.807) is 6.92 Å². The molecule has 3 unspecified atom stereocenters. The van der Waals surface area contributed by atoms with Crippen LogP contribution in [0.4, 0.5) is 4.79 Å². The van der Waals surface area contributed by atoms with Crippen LogP contribution >= 0.6 is 0 Å². The largest absolute Gasteiger partial charge is 0.514 e. The molecule has 0 aromatic heterocycles. The monoisotopic (exact) mass is 284 g/mol. The molecule has 2 rings (SSSR count). The van der Waals surface area contributed by atoms with Gasteiger partial charge in [-0.1, -0.05) is 13.2 Å². The predicted octanol–water partition coefficient (Wildman–Crippen LogP) is 1.29. The smallest absolute Gasteiger partial charge is 0.460 e. The van der Waals surface area contributed by atoms with E-state index in [1.165, 1.54) is 0 Å². The molecule has 0 spiro atoms. The van der Waals surface area contributed by atoms with Gasteiger partial charge in [0.1, 0.15) is 18.5 Å². The lowest BCUT2D eigenvalue weighted by Gasteiger charge is -2.23. The highest BCUT2D eigenvalue weighted by Gasteiger charge is 2.46. The van der Waals surface area contributed by atoms with Crippen molar-refractivity contribution < 1.29 is 33.3 Å².